The van der Waals surface area contributed by atoms with Crippen LogP contribution in [0, 0.1) is 11.8 Å². The number of pyridine rings is 1. The molecule has 3 rings (SSSR count). The Bertz CT molecular complexity index is 607. The summed E-state index contributed by atoms with van der Waals surface area (Å²) in [6.07, 6.45) is 0.975. The maximum atomic E-state index is 12.2. The lowest BCUT2D eigenvalue weighted by atomic mass is 9.88. The summed E-state index contributed by atoms with van der Waals surface area (Å²) in [5, 5.41) is 9.21. The third-order valence-corrected chi connectivity index (χ3v) is 4.63. The second kappa shape index (κ2) is 5.18. The van der Waals surface area contributed by atoms with Gasteiger partial charge in [-0.2, -0.15) is 0 Å². The highest BCUT2D eigenvalue weighted by Crippen LogP contribution is 2.34. The van der Waals surface area contributed by atoms with Crippen LogP contribution < -0.4 is 4.90 Å². The van der Waals surface area contributed by atoms with E-state index >= 15 is 0 Å². The van der Waals surface area contributed by atoms with Gasteiger partial charge in [0.05, 0.1) is 10.9 Å². The Morgan fingerprint density at radius 3 is 2.90 bits per heavy atom. The molecule has 0 aliphatic carbocycles. The number of rotatable bonds is 2. The molecule has 2 aliphatic rings. The first-order chi connectivity index (χ1) is 9.97. The number of nitrogens with zero attached hydrogens (tertiary/aromatic N) is 3. The summed E-state index contributed by atoms with van der Waals surface area (Å²) in [5.74, 6) is -0.106. The predicted octanol–water partition coefficient (Wildman–Crippen LogP) is 1.35. The van der Waals surface area contributed by atoms with E-state index in [0.717, 1.165) is 19.5 Å². The van der Waals surface area contributed by atoms with Gasteiger partial charge < -0.3 is 14.9 Å². The van der Waals surface area contributed by atoms with Crippen molar-refractivity contribution in [2.24, 2.45) is 11.8 Å². The third kappa shape index (κ3) is 2.44. The van der Waals surface area contributed by atoms with Gasteiger partial charge in [-0.25, -0.2) is 9.78 Å². The molecule has 1 aromatic heterocycles. The minimum atomic E-state index is -1.14. The Morgan fingerprint density at radius 1 is 1.43 bits per heavy atom. The van der Waals surface area contributed by atoms with Crippen LogP contribution >= 0.6 is 11.6 Å². The SMILES string of the molecule is CN1CC[C@@H]2CN(c3ccc(Cl)c(C(=O)O)n3)C[C@@H]2C1=O. The highest BCUT2D eigenvalue weighted by molar-refractivity contribution is 6.33. The van der Waals surface area contributed by atoms with Crippen molar-refractivity contribution in [3.63, 3.8) is 0 Å². The molecule has 1 amide bonds. The highest BCUT2D eigenvalue weighted by atomic mass is 35.5. The Kier molecular flexibility index (Phi) is 3.49. The number of aromatic nitrogens is 1. The van der Waals surface area contributed by atoms with Crippen molar-refractivity contribution >= 4 is 29.3 Å². The number of carboxylic acids is 1. The summed E-state index contributed by atoms with van der Waals surface area (Å²) < 4.78 is 0. The van der Waals surface area contributed by atoms with Crippen LogP contribution in [0.2, 0.25) is 5.02 Å². The number of amides is 1. The molecule has 0 unspecified atom stereocenters. The van der Waals surface area contributed by atoms with Gasteiger partial charge in [-0.1, -0.05) is 11.6 Å². The van der Waals surface area contributed by atoms with E-state index in [9.17, 15) is 9.59 Å². The molecule has 112 valence electrons. The maximum absolute atomic E-state index is 12.2. The first kappa shape index (κ1) is 14.1. The average Bonchev–Trinajstić information content (AvgIpc) is 2.88. The number of carbonyl (C=O) groups is 2. The fraction of sp³-hybridized carbons (Fsp3) is 0.500. The van der Waals surface area contributed by atoms with Crippen molar-refractivity contribution in [2.75, 3.05) is 31.6 Å². The molecule has 1 N–H and O–H groups in total. The Labute approximate surface area is 127 Å². The average molecular weight is 310 g/mol. The van der Waals surface area contributed by atoms with Crippen LogP contribution in [0.1, 0.15) is 16.9 Å². The number of piperidine rings is 1. The summed E-state index contributed by atoms with van der Waals surface area (Å²) in [6, 6.07) is 3.25. The Hall–Kier alpha value is -1.82. The Balaban J connectivity index is 1.85. The molecule has 7 heteroatoms. The van der Waals surface area contributed by atoms with Gasteiger partial charge in [-0.3, -0.25) is 4.79 Å². The van der Waals surface area contributed by atoms with Gasteiger partial charge in [0.1, 0.15) is 5.82 Å². The van der Waals surface area contributed by atoms with Gasteiger partial charge in [0.15, 0.2) is 5.69 Å². The fourth-order valence-electron chi connectivity index (χ4n) is 3.14. The van der Waals surface area contributed by atoms with Crippen LogP contribution in [0.15, 0.2) is 12.1 Å². The molecule has 2 aliphatic heterocycles. The molecule has 0 saturated carbocycles. The van der Waals surface area contributed by atoms with Crippen molar-refractivity contribution < 1.29 is 14.7 Å². The van der Waals surface area contributed by atoms with E-state index in [-0.39, 0.29) is 22.5 Å². The number of hydrogen-bond acceptors (Lipinski definition) is 4. The van der Waals surface area contributed by atoms with Crippen molar-refractivity contribution in [3.05, 3.63) is 22.8 Å². The summed E-state index contributed by atoms with van der Waals surface area (Å²) in [5.41, 5.74) is -0.146. The lowest BCUT2D eigenvalue weighted by Gasteiger charge is -2.30. The van der Waals surface area contributed by atoms with Crippen LogP contribution in [0.5, 0.6) is 0 Å². The number of carboxylic acid groups (broad SMARTS) is 1. The van der Waals surface area contributed by atoms with E-state index in [2.05, 4.69) is 4.98 Å². The number of carbonyl (C=O) groups excluding carboxylic acids is 1. The molecule has 3 heterocycles. The van der Waals surface area contributed by atoms with Crippen molar-refractivity contribution in [1.82, 2.24) is 9.88 Å². The van der Waals surface area contributed by atoms with E-state index in [0.29, 0.717) is 18.3 Å². The van der Waals surface area contributed by atoms with Crippen molar-refractivity contribution in [1.29, 1.82) is 0 Å². The van der Waals surface area contributed by atoms with Crippen LogP contribution in [0.25, 0.3) is 0 Å². The predicted molar refractivity (Wildman–Crippen MR) is 77.7 cm³/mol. The molecule has 0 bridgehead atoms. The van der Waals surface area contributed by atoms with Crippen LogP contribution in [-0.4, -0.2) is 53.5 Å². The van der Waals surface area contributed by atoms with Gasteiger partial charge in [-0.15, -0.1) is 0 Å². The summed E-state index contributed by atoms with van der Waals surface area (Å²) in [6.45, 7) is 2.10. The van der Waals surface area contributed by atoms with Crippen LogP contribution in [0.3, 0.4) is 0 Å². The van der Waals surface area contributed by atoms with Gasteiger partial charge in [0.2, 0.25) is 5.91 Å². The molecule has 2 saturated heterocycles. The van der Waals surface area contributed by atoms with Gasteiger partial charge in [-0.05, 0) is 24.5 Å². The summed E-state index contributed by atoms with van der Waals surface area (Å²) >= 11 is 5.84. The van der Waals surface area contributed by atoms with Gasteiger partial charge in [0, 0.05) is 26.7 Å². The fourth-order valence-corrected chi connectivity index (χ4v) is 3.33. The summed E-state index contributed by atoms with van der Waals surface area (Å²) in [4.78, 5) is 31.2. The Morgan fingerprint density at radius 2 is 2.19 bits per heavy atom. The zero-order valence-corrected chi connectivity index (χ0v) is 12.4. The molecule has 1 aromatic rings. The van der Waals surface area contributed by atoms with E-state index < -0.39 is 5.97 Å². The van der Waals surface area contributed by atoms with Crippen LogP contribution in [-0.2, 0) is 4.79 Å². The van der Waals surface area contributed by atoms with E-state index in [1.54, 1.807) is 17.0 Å². The standard InChI is InChI=1S/C14H16ClN3O3/c1-17-5-4-8-6-18(7-9(8)13(17)19)11-3-2-10(15)12(16-11)14(20)21/h2-3,8-9H,4-7H2,1H3,(H,20,21)/t8-,9+/m1/s1. The molecule has 2 atom stereocenters. The number of hydrogen-bond donors (Lipinski definition) is 1. The number of halogens is 1. The van der Waals surface area contributed by atoms with E-state index in [1.807, 2.05) is 11.9 Å². The molecular formula is C14H16ClN3O3. The third-order valence-electron chi connectivity index (χ3n) is 4.33. The smallest absolute Gasteiger partial charge is 0.356 e. The van der Waals surface area contributed by atoms with Crippen LogP contribution in [0.4, 0.5) is 5.82 Å². The van der Waals surface area contributed by atoms with Crippen molar-refractivity contribution in [3.8, 4) is 0 Å². The largest absolute Gasteiger partial charge is 0.476 e. The second-order valence-corrected chi connectivity index (χ2v) is 6.03. The number of anilines is 1. The first-order valence-corrected chi connectivity index (χ1v) is 7.25. The number of aromatic carboxylic acids is 1. The monoisotopic (exact) mass is 309 g/mol. The molecule has 21 heavy (non-hydrogen) atoms. The van der Waals surface area contributed by atoms with Gasteiger partial charge >= 0.3 is 5.97 Å². The maximum Gasteiger partial charge on any atom is 0.356 e. The zero-order valence-electron chi connectivity index (χ0n) is 11.6. The van der Waals surface area contributed by atoms with E-state index in [4.69, 9.17) is 16.7 Å². The molecular weight excluding hydrogens is 294 g/mol. The first-order valence-electron chi connectivity index (χ1n) is 6.87. The number of likely N-dealkylation sites (tertiary alicyclic amines) is 1. The lowest BCUT2D eigenvalue weighted by molar-refractivity contribution is -0.137. The highest BCUT2D eigenvalue weighted by Gasteiger charge is 2.42. The van der Waals surface area contributed by atoms with Gasteiger partial charge in [0.25, 0.3) is 0 Å². The minimum absolute atomic E-state index is 0.0190. The topological polar surface area (TPSA) is 73.7 Å². The second-order valence-electron chi connectivity index (χ2n) is 5.63. The minimum Gasteiger partial charge on any atom is -0.476 e. The molecule has 0 spiro atoms. The van der Waals surface area contributed by atoms with E-state index in [1.165, 1.54) is 0 Å². The number of fused-ring (bicyclic) bond motifs is 1. The molecule has 0 aromatic carbocycles. The van der Waals surface area contributed by atoms with Crippen molar-refractivity contribution in [2.45, 2.75) is 6.42 Å². The lowest BCUT2D eigenvalue weighted by Crippen LogP contribution is -2.42. The normalized spacial score (nSPS) is 25.1. The zero-order chi connectivity index (χ0) is 15.1. The quantitative estimate of drug-likeness (QED) is 0.892. The molecule has 6 nitrogen and oxygen atoms in total. The molecule has 2 fully saturated rings. The summed E-state index contributed by atoms with van der Waals surface area (Å²) in [7, 11) is 1.82. The molecule has 0 radical (unpaired) electrons.